The summed E-state index contributed by atoms with van der Waals surface area (Å²) in [5.41, 5.74) is 0.897. The van der Waals surface area contributed by atoms with Crippen LogP contribution >= 0.6 is 27.3 Å². The maximum atomic E-state index is 11.6. The minimum atomic E-state index is 0.210. The zero-order valence-corrected chi connectivity index (χ0v) is 9.67. The highest BCUT2D eigenvalue weighted by molar-refractivity contribution is 9.11. The number of fused-ring (bicyclic) bond motifs is 1. The molecule has 0 saturated carbocycles. The Hall–Kier alpha value is -0.190. The number of nitrogens with one attached hydrogen (secondary N) is 1. The Morgan fingerprint density at radius 3 is 3.23 bits per heavy atom. The van der Waals surface area contributed by atoms with Crippen molar-refractivity contribution in [2.45, 2.75) is 19.4 Å². The predicted octanol–water partition coefficient (Wildman–Crippen LogP) is 2.23. The van der Waals surface area contributed by atoms with E-state index in [2.05, 4.69) is 28.2 Å². The topological polar surface area (TPSA) is 29.1 Å². The second kappa shape index (κ2) is 3.52. The maximum absolute atomic E-state index is 11.6. The number of carbonyl (C=O) groups excluding carboxylic acids is 1. The van der Waals surface area contributed by atoms with Crippen LogP contribution in [-0.4, -0.2) is 18.4 Å². The Morgan fingerprint density at radius 1 is 1.69 bits per heavy atom. The molecule has 1 aromatic heterocycles. The molecule has 0 amide bonds. The van der Waals surface area contributed by atoms with E-state index in [9.17, 15) is 4.79 Å². The molecule has 1 aromatic rings. The summed E-state index contributed by atoms with van der Waals surface area (Å²) in [5, 5.41) is 3.19. The molecular formula is C9H10BrNOS. The Bertz CT molecular complexity index is 347. The van der Waals surface area contributed by atoms with Crippen molar-refractivity contribution < 1.29 is 4.79 Å². The number of thiophene rings is 1. The van der Waals surface area contributed by atoms with Crippen molar-refractivity contribution in [3.05, 3.63) is 20.3 Å². The van der Waals surface area contributed by atoms with Gasteiger partial charge in [-0.05, 0) is 35.3 Å². The molecule has 0 fully saturated rings. The summed E-state index contributed by atoms with van der Waals surface area (Å²) in [5.74, 6) is 0.210. The smallest absolute Gasteiger partial charge is 0.177 e. The van der Waals surface area contributed by atoms with Crippen molar-refractivity contribution >= 4 is 33.0 Å². The second-order valence-corrected chi connectivity index (χ2v) is 5.81. The standard InChI is InChI=1S/C9H10BrNOS/c1-5-2-8-6(3-9(10)13-8)7(12)4-11-5/h3,5,11H,2,4H2,1H3. The summed E-state index contributed by atoms with van der Waals surface area (Å²) in [7, 11) is 0. The summed E-state index contributed by atoms with van der Waals surface area (Å²) >= 11 is 5.08. The van der Waals surface area contributed by atoms with Gasteiger partial charge in [0.1, 0.15) is 0 Å². The third-order valence-electron chi connectivity index (χ3n) is 2.18. The van der Waals surface area contributed by atoms with Gasteiger partial charge in [0, 0.05) is 16.5 Å². The summed E-state index contributed by atoms with van der Waals surface area (Å²) in [6, 6.07) is 2.33. The average molecular weight is 260 g/mol. The maximum Gasteiger partial charge on any atom is 0.177 e. The van der Waals surface area contributed by atoms with E-state index < -0.39 is 0 Å². The lowest BCUT2D eigenvalue weighted by Crippen LogP contribution is -2.29. The zero-order valence-electron chi connectivity index (χ0n) is 7.26. The molecule has 4 heteroatoms. The van der Waals surface area contributed by atoms with Gasteiger partial charge >= 0.3 is 0 Å². The number of rotatable bonds is 0. The van der Waals surface area contributed by atoms with Crippen LogP contribution in [0.5, 0.6) is 0 Å². The van der Waals surface area contributed by atoms with Gasteiger partial charge < -0.3 is 5.32 Å². The molecule has 0 spiro atoms. The monoisotopic (exact) mass is 259 g/mol. The molecule has 1 aliphatic rings. The molecule has 1 unspecified atom stereocenters. The van der Waals surface area contributed by atoms with Gasteiger partial charge in [-0.15, -0.1) is 11.3 Å². The number of Topliss-reactive ketones (excluding diaryl/α,β-unsaturated/α-hetero) is 1. The van der Waals surface area contributed by atoms with Gasteiger partial charge in [0.25, 0.3) is 0 Å². The number of hydrogen-bond acceptors (Lipinski definition) is 3. The fourth-order valence-electron chi connectivity index (χ4n) is 1.50. The van der Waals surface area contributed by atoms with Crippen LogP contribution < -0.4 is 5.32 Å². The molecule has 1 aliphatic heterocycles. The van der Waals surface area contributed by atoms with E-state index >= 15 is 0 Å². The fourth-order valence-corrected chi connectivity index (χ4v) is 3.34. The molecule has 2 rings (SSSR count). The van der Waals surface area contributed by atoms with Crippen LogP contribution in [0.4, 0.5) is 0 Å². The van der Waals surface area contributed by atoms with Gasteiger partial charge in [-0.1, -0.05) is 0 Å². The molecule has 0 aliphatic carbocycles. The zero-order chi connectivity index (χ0) is 9.42. The molecule has 1 atom stereocenters. The highest BCUT2D eigenvalue weighted by atomic mass is 79.9. The first-order chi connectivity index (χ1) is 6.16. The van der Waals surface area contributed by atoms with Crippen LogP contribution in [0.25, 0.3) is 0 Å². The van der Waals surface area contributed by atoms with Crippen LogP contribution in [0.2, 0.25) is 0 Å². The van der Waals surface area contributed by atoms with E-state index in [-0.39, 0.29) is 5.78 Å². The first-order valence-corrected chi connectivity index (χ1v) is 5.82. The van der Waals surface area contributed by atoms with E-state index in [0.717, 1.165) is 15.8 Å². The molecule has 2 nitrogen and oxygen atoms in total. The highest BCUT2D eigenvalue weighted by Gasteiger charge is 2.20. The SMILES string of the molecule is CC1Cc2sc(Br)cc2C(=O)CN1. The lowest BCUT2D eigenvalue weighted by atomic mass is 10.1. The summed E-state index contributed by atoms with van der Waals surface area (Å²) < 4.78 is 1.06. The Labute approximate surface area is 89.5 Å². The van der Waals surface area contributed by atoms with E-state index in [1.807, 2.05) is 6.07 Å². The Kier molecular flexibility index (Phi) is 2.53. The molecule has 0 saturated heterocycles. The summed E-state index contributed by atoms with van der Waals surface area (Å²) in [4.78, 5) is 12.8. The van der Waals surface area contributed by atoms with Crippen molar-refractivity contribution in [3.8, 4) is 0 Å². The fraction of sp³-hybridized carbons (Fsp3) is 0.444. The van der Waals surface area contributed by atoms with E-state index in [4.69, 9.17) is 0 Å². The van der Waals surface area contributed by atoms with Gasteiger partial charge in [-0.25, -0.2) is 0 Å². The number of halogens is 1. The van der Waals surface area contributed by atoms with Crippen molar-refractivity contribution in [3.63, 3.8) is 0 Å². The van der Waals surface area contributed by atoms with Gasteiger partial charge in [-0.2, -0.15) is 0 Å². The van der Waals surface area contributed by atoms with Crippen LogP contribution in [0.1, 0.15) is 22.2 Å². The van der Waals surface area contributed by atoms with Crippen LogP contribution in [0, 0.1) is 0 Å². The highest BCUT2D eigenvalue weighted by Crippen LogP contribution is 2.29. The number of ketones is 1. The molecule has 0 aromatic carbocycles. The average Bonchev–Trinajstić information content (AvgIpc) is 2.37. The molecule has 2 heterocycles. The number of hydrogen-bond donors (Lipinski definition) is 1. The van der Waals surface area contributed by atoms with Gasteiger partial charge in [0.2, 0.25) is 0 Å². The van der Waals surface area contributed by atoms with Crippen molar-refractivity contribution in [1.29, 1.82) is 0 Å². The lowest BCUT2D eigenvalue weighted by Gasteiger charge is -2.06. The largest absolute Gasteiger partial charge is 0.307 e. The van der Waals surface area contributed by atoms with Crippen molar-refractivity contribution in [2.24, 2.45) is 0 Å². The Morgan fingerprint density at radius 2 is 2.46 bits per heavy atom. The molecule has 70 valence electrons. The van der Waals surface area contributed by atoms with Gasteiger partial charge in [0.05, 0.1) is 10.3 Å². The lowest BCUT2D eigenvalue weighted by molar-refractivity contribution is 0.0992. The Balaban J connectivity index is 2.42. The molecule has 13 heavy (non-hydrogen) atoms. The van der Waals surface area contributed by atoms with E-state index in [1.54, 1.807) is 11.3 Å². The molecule has 0 radical (unpaired) electrons. The molecular weight excluding hydrogens is 250 g/mol. The third-order valence-corrected chi connectivity index (χ3v) is 3.84. The second-order valence-electron chi connectivity index (χ2n) is 3.30. The minimum absolute atomic E-state index is 0.210. The van der Waals surface area contributed by atoms with Crippen LogP contribution in [-0.2, 0) is 6.42 Å². The van der Waals surface area contributed by atoms with E-state index in [0.29, 0.717) is 12.6 Å². The summed E-state index contributed by atoms with van der Waals surface area (Å²) in [6.45, 7) is 2.58. The van der Waals surface area contributed by atoms with Crippen molar-refractivity contribution in [2.75, 3.05) is 6.54 Å². The molecule has 1 N–H and O–H groups in total. The predicted molar refractivity (Wildman–Crippen MR) is 57.5 cm³/mol. The normalized spacial score (nSPS) is 22.6. The first-order valence-electron chi connectivity index (χ1n) is 4.21. The van der Waals surface area contributed by atoms with Crippen LogP contribution in [0.15, 0.2) is 9.85 Å². The van der Waals surface area contributed by atoms with Gasteiger partial charge in [-0.3, -0.25) is 4.79 Å². The summed E-state index contributed by atoms with van der Waals surface area (Å²) in [6.07, 6.45) is 0.956. The van der Waals surface area contributed by atoms with Crippen LogP contribution in [0.3, 0.4) is 0 Å². The van der Waals surface area contributed by atoms with Crippen molar-refractivity contribution in [1.82, 2.24) is 5.32 Å². The number of carbonyl (C=O) groups is 1. The van der Waals surface area contributed by atoms with Gasteiger partial charge in [0.15, 0.2) is 5.78 Å². The minimum Gasteiger partial charge on any atom is -0.307 e. The third kappa shape index (κ3) is 1.85. The van der Waals surface area contributed by atoms with E-state index in [1.165, 1.54) is 4.88 Å². The molecule has 0 bridgehead atoms. The quantitative estimate of drug-likeness (QED) is 0.775. The first kappa shape index (κ1) is 9.37.